The van der Waals surface area contributed by atoms with Crippen LogP contribution >= 0.6 is 0 Å². The van der Waals surface area contributed by atoms with Gasteiger partial charge in [0.05, 0.1) is 31.4 Å². The molecule has 4 rings (SSSR count). The predicted molar refractivity (Wildman–Crippen MR) is 155 cm³/mol. The van der Waals surface area contributed by atoms with Crippen molar-refractivity contribution in [3.05, 3.63) is 58.8 Å². The molecule has 0 bridgehead atoms. The number of esters is 1. The number of methoxy groups -OCH3 is 2. The molecule has 9 nitrogen and oxygen atoms in total. The maximum atomic E-state index is 13.0. The second-order valence-corrected chi connectivity index (χ2v) is 11.2. The van der Waals surface area contributed by atoms with Gasteiger partial charge in [-0.25, -0.2) is 9.59 Å². The maximum absolute atomic E-state index is 13.0. The maximum Gasteiger partial charge on any atom is 0.419 e. The van der Waals surface area contributed by atoms with Crippen LogP contribution in [0.2, 0.25) is 0 Å². The van der Waals surface area contributed by atoms with E-state index in [0.717, 1.165) is 52.7 Å². The van der Waals surface area contributed by atoms with E-state index < -0.39 is 17.7 Å². The van der Waals surface area contributed by atoms with Crippen LogP contribution in [0.1, 0.15) is 73.6 Å². The summed E-state index contributed by atoms with van der Waals surface area (Å²) in [7, 11) is 3.01. The second kappa shape index (κ2) is 11.9. The number of aromatic nitrogens is 1. The summed E-state index contributed by atoms with van der Waals surface area (Å²) in [6.07, 6.45) is 3.12. The van der Waals surface area contributed by atoms with Gasteiger partial charge in [0.15, 0.2) is 0 Å². The number of aryl methyl sites for hydroxylation is 1. The number of nitrogen functional groups attached to an aromatic ring is 1. The number of benzene rings is 2. The van der Waals surface area contributed by atoms with Crippen molar-refractivity contribution in [1.82, 2.24) is 9.47 Å². The van der Waals surface area contributed by atoms with E-state index in [1.807, 2.05) is 58.9 Å². The van der Waals surface area contributed by atoms with E-state index in [-0.39, 0.29) is 12.1 Å². The van der Waals surface area contributed by atoms with Gasteiger partial charge in [0, 0.05) is 48.6 Å². The summed E-state index contributed by atoms with van der Waals surface area (Å²) in [5, 5.41) is 0.939. The first-order valence-corrected chi connectivity index (χ1v) is 13.7. The Hall–Kier alpha value is -3.56. The van der Waals surface area contributed by atoms with Crippen LogP contribution in [0.25, 0.3) is 10.9 Å². The number of carbonyl (C=O) groups is 2. The summed E-state index contributed by atoms with van der Waals surface area (Å²) in [6.45, 7) is 11.6. The van der Waals surface area contributed by atoms with Gasteiger partial charge in [-0.2, -0.15) is 0 Å². The molecule has 2 N–H and O–H groups in total. The number of nitrogens with two attached hydrogens (primary N) is 1. The van der Waals surface area contributed by atoms with Gasteiger partial charge in [0.1, 0.15) is 11.4 Å². The van der Waals surface area contributed by atoms with Gasteiger partial charge >= 0.3 is 12.1 Å². The van der Waals surface area contributed by atoms with Crippen LogP contribution in [0.15, 0.2) is 36.5 Å². The summed E-state index contributed by atoms with van der Waals surface area (Å²) in [5.41, 5.74) is 10.1. The van der Waals surface area contributed by atoms with E-state index in [1.54, 1.807) is 23.9 Å². The summed E-state index contributed by atoms with van der Waals surface area (Å²) in [6, 6.07) is 9.45. The minimum atomic E-state index is -0.611. The number of hydrogen-bond donors (Lipinski definition) is 1. The van der Waals surface area contributed by atoms with Crippen molar-refractivity contribution in [2.24, 2.45) is 0 Å². The highest BCUT2D eigenvalue weighted by Crippen LogP contribution is 2.39. The summed E-state index contributed by atoms with van der Waals surface area (Å²) < 4.78 is 24.0. The first-order chi connectivity index (χ1) is 19.0. The quantitative estimate of drug-likeness (QED) is 0.288. The largest absolute Gasteiger partial charge is 0.496 e. The molecule has 1 aliphatic heterocycles. The second-order valence-electron chi connectivity index (χ2n) is 11.2. The molecule has 0 unspecified atom stereocenters. The lowest BCUT2D eigenvalue weighted by Gasteiger charge is -2.40. The van der Waals surface area contributed by atoms with Gasteiger partial charge in [-0.3, -0.25) is 9.47 Å². The van der Waals surface area contributed by atoms with Gasteiger partial charge in [-0.1, -0.05) is 6.07 Å². The van der Waals surface area contributed by atoms with Gasteiger partial charge in [-0.05, 0) is 82.9 Å². The molecule has 0 amide bonds. The number of likely N-dealkylation sites (tertiary alicyclic amines) is 1. The van der Waals surface area contributed by atoms with E-state index >= 15 is 0 Å². The molecule has 40 heavy (non-hydrogen) atoms. The van der Waals surface area contributed by atoms with Crippen LogP contribution in [0, 0.1) is 6.92 Å². The topological polar surface area (TPSA) is 105 Å². The average Bonchev–Trinajstić information content (AvgIpc) is 3.36. The summed E-state index contributed by atoms with van der Waals surface area (Å²) in [4.78, 5) is 27.6. The number of anilines is 1. The molecule has 1 aliphatic rings. The van der Waals surface area contributed by atoms with Gasteiger partial charge in [0.2, 0.25) is 0 Å². The fraction of sp³-hybridized carbons (Fsp3) is 0.484. The van der Waals surface area contributed by atoms with E-state index in [9.17, 15) is 9.59 Å². The molecule has 9 heteroatoms. The molecular weight excluding hydrogens is 510 g/mol. The Morgan fingerprint density at radius 2 is 1.88 bits per heavy atom. The number of nitrogens with zero attached hydrogens (tertiary/aromatic N) is 2. The van der Waals surface area contributed by atoms with Crippen molar-refractivity contribution in [1.29, 1.82) is 0 Å². The Morgan fingerprint density at radius 3 is 2.50 bits per heavy atom. The van der Waals surface area contributed by atoms with Crippen molar-refractivity contribution in [3.8, 4) is 5.75 Å². The third kappa shape index (κ3) is 6.10. The zero-order valence-corrected chi connectivity index (χ0v) is 24.6. The van der Waals surface area contributed by atoms with Crippen LogP contribution in [-0.4, -0.2) is 60.6 Å². The Kier molecular flexibility index (Phi) is 8.75. The van der Waals surface area contributed by atoms with Gasteiger partial charge in [-0.15, -0.1) is 0 Å². The number of fused-ring (bicyclic) bond motifs is 1. The predicted octanol–water partition coefficient (Wildman–Crippen LogP) is 5.85. The fourth-order valence-corrected chi connectivity index (χ4v) is 5.56. The van der Waals surface area contributed by atoms with Crippen molar-refractivity contribution >= 4 is 28.7 Å². The highest BCUT2D eigenvalue weighted by molar-refractivity contribution is 5.96. The SMILES string of the molecule is CCO[C@@H]1CCN(Cc2c(OC)cc(C)c3c2ccn3C(=O)OC(C)(C)C)[C@H](c2ccc(C(=O)OC)c(N)c2)C1. The van der Waals surface area contributed by atoms with Crippen molar-refractivity contribution in [2.45, 2.75) is 71.8 Å². The molecule has 0 spiro atoms. The lowest BCUT2D eigenvalue weighted by Crippen LogP contribution is -2.39. The van der Waals surface area contributed by atoms with Crippen LogP contribution in [0.5, 0.6) is 5.75 Å². The summed E-state index contributed by atoms with van der Waals surface area (Å²) in [5.74, 6) is 0.302. The molecule has 216 valence electrons. The Labute approximate surface area is 236 Å². The van der Waals surface area contributed by atoms with Crippen LogP contribution in [-0.2, 0) is 20.8 Å². The highest BCUT2D eigenvalue weighted by atomic mass is 16.6. The number of ether oxygens (including phenoxy) is 4. The molecule has 1 aromatic heterocycles. The van der Waals surface area contributed by atoms with Crippen molar-refractivity contribution in [2.75, 3.05) is 33.1 Å². The monoisotopic (exact) mass is 551 g/mol. The minimum absolute atomic E-state index is 0.00621. The third-order valence-electron chi connectivity index (χ3n) is 7.33. The molecule has 1 saturated heterocycles. The van der Waals surface area contributed by atoms with Crippen molar-refractivity contribution < 1.29 is 28.5 Å². The Bertz CT molecular complexity index is 1390. The molecular formula is C31H41N3O6. The summed E-state index contributed by atoms with van der Waals surface area (Å²) >= 11 is 0. The first-order valence-electron chi connectivity index (χ1n) is 13.7. The molecule has 2 aromatic carbocycles. The average molecular weight is 552 g/mol. The minimum Gasteiger partial charge on any atom is -0.496 e. The van der Waals surface area contributed by atoms with Crippen LogP contribution < -0.4 is 10.5 Å². The molecule has 0 aliphatic carbocycles. The van der Waals surface area contributed by atoms with Crippen molar-refractivity contribution in [3.63, 3.8) is 0 Å². The Morgan fingerprint density at radius 1 is 1.12 bits per heavy atom. The Balaban J connectivity index is 1.75. The fourth-order valence-electron chi connectivity index (χ4n) is 5.56. The molecule has 0 radical (unpaired) electrons. The standard InChI is InChI=1S/C31H41N3O6/c1-8-39-21-11-13-33(26(17-21)20-9-10-23(25(32)16-20)29(35)38-7)18-24-22-12-14-34(30(36)40-31(3,4)5)28(22)19(2)15-27(24)37-6/h9-10,12,14-16,21,26H,8,11,13,17-18,32H2,1-7H3/t21-,26+/m1/s1. The zero-order valence-electron chi connectivity index (χ0n) is 24.6. The first kappa shape index (κ1) is 29.4. The number of carbonyl (C=O) groups excluding carboxylic acids is 2. The normalized spacial score (nSPS) is 18.1. The third-order valence-corrected chi connectivity index (χ3v) is 7.33. The number of hydrogen-bond acceptors (Lipinski definition) is 8. The van der Waals surface area contributed by atoms with Gasteiger partial charge < -0.3 is 24.7 Å². The van der Waals surface area contributed by atoms with Crippen LogP contribution in [0.3, 0.4) is 0 Å². The molecule has 2 heterocycles. The van der Waals surface area contributed by atoms with Gasteiger partial charge in [0.25, 0.3) is 0 Å². The van der Waals surface area contributed by atoms with E-state index in [4.69, 9.17) is 24.7 Å². The lowest BCUT2D eigenvalue weighted by atomic mass is 9.91. The highest BCUT2D eigenvalue weighted by Gasteiger charge is 2.32. The number of rotatable bonds is 7. The number of piperidine rings is 1. The lowest BCUT2D eigenvalue weighted by molar-refractivity contribution is -0.0138. The van der Waals surface area contributed by atoms with E-state index in [0.29, 0.717) is 24.4 Å². The zero-order chi connectivity index (χ0) is 29.2. The molecule has 0 saturated carbocycles. The molecule has 3 aromatic rings. The molecule has 1 fully saturated rings. The van der Waals surface area contributed by atoms with E-state index in [2.05, 4.69) is 4.90 Å². The smallest absolute Gasteiger partial charge is 0.419 e. The van der Waals surface area contributed by atoms with Crippen LogP contribution in [0.4, 0.5) is 10.5 Å². The van der Waals surface area contributed by atoms with E-state index in [1.165, 1.54) is 7.11 Å². The molecule has 2 atom stereocenters.